The molecule has 0 aliphatic rings. The zero-order valence-electron chi connectivity index (χ0n) is 16.9. The fraction of sp³-hybridized carbons (Fsp3) is 0.0400. The van der Waals surface area contributed by atoms with Crippen molar-refractivity contribution in [3.05, 3.63) is 94.2 Å². The second-order valence-corrected chi connectivity index (χ2v) is 8.16. The standard InChI is InChI=1S/C25H16Cl2N2O3/c1-14-5-8-22-20(11-14)29-25(32-22)15-3-2-4-17(12-15)28-24(30)23-10-9-21(31-23)18-13-16(26)6-7-19(18)27/h2-13H,1H3,(H,28,30). The van der Waals surface area contributed by atoms with Crippen LogP contribution in [0.1, 0.15) is 16.1 Å². The van der Waals surface area contributed by atoms with Gasteiger partial charge in [0, 0.05) is 21.8 Å². The summed E-state index contributed by atoms with van der Waals surface area (Å²) in [4.78, 5) is 17.3. The number of aromatic nitrogens is 1. The monoisotopic (exact) mass is 462 g/mol. The number of nitrogens with zero attached hydrogens (tertiary/aromatic N) is 1. The van der Waals surface area contributed by atoms with Crippen LogP contribution in [0.2, 0.25) is 10.0 Å². The summed E-state index contributed by atoms with van der Waals surface area (Å²) in [5, 5.41) is 3.85. The summed E-state index contributed by atoms with van der Waals surface area (Å²) in [5.74, 6) is 0.703. The molecule has 0 aliphatic carbocycles. The summed E-state index contributed by atoms with van der Waals surface area (Å²) in [7, 11) is 0. The Kier molecular flexibility index (Phi) is 5.21. The third-order valence-corrected chi connectivity index (χ3v) is 5.50. The van der Waals surface area contributed by atoms with E-state index in [0.717, 1.165) is 16.6 Å². The number of benzene rings is 3. The summed E-state index contributed by atoms with van der Waals surface area (Å²) in [6, 6.07) is 21.5. The molecule has 0 aliphatic heterocycles. The van der Waals surface area contributed by atoms with Gasteiger partial charge in [0.1, 0.15) is 11.3 Å². The molecule has 0 radical (unpaired) electrons. The van der Waals surface area contributed by atoms with Crippen molar-refractivity contribution in [3.63, 3.8) is 0 Å². The summed E-state index contributed by atoms with van der Waals surface area (Å²) < 4.78 is 11.6. The van der Waals surface area contributed by atoms with Gasteiger partial charge in [0.2, 0.25) is 5.89 Å². The van der Waals surface area contributed by atoms with E-state index < -0.39 is 0 Å². The second-order valence-electron chi connectivity index (χ2n) is 7.31. The average Bonchev–Trinajstić information content (AvgIpc) is 3.43. The van der Waals surface area contributed by atoms with E-state index in [1.165, 1.54) is 0 Å². The predicted molar refractivity (Wildman–Crippen MR) is 126 cm³/mol. The molecule has 3 aromatic carbocycles. The third kappa shape index (κ3) is 4.00. The molecule has 5 nitrogen and oxygen atoms in total. The topological polar surface area (TPSA) is 68.3 Å². The number of rotatable bonds is 4. The fourth-order valence-electron chi connectivity index (χ4n) is 3.37. The number of hydrogen-bond acceptors (Lipinski definition) is 4. The molecule has 5 aromatic rings. The molecule has 0 saturated carbocycles. The SMILES string of the molecule is Cc1ccc2oc(-c3cccc(NC(=O)c4ccc(-c5cc(Cl)ccc5Cl)o4)c3)nc2c1. The Bertz CT molecular complexity index is 1470. The molecule has 0 fully saturated rings. The molecule has 7 heteroatoms. The number of nitrogens with one attached hydrogen (secondary N) is 1. The highest BCUT2D eigenvalue weighted by atomic mass is 35.5. The van der Waals surface area contributed by atoms with Crippen molar-refractivity contribution in [3.8, 4) is 22.8 Å². The Labute approximate surface area is 193 Å². The molecule has 0 spiro atoms. The quantitative estimate of drug-likeness (QED) is 0.298. The maximum absolute atomic E-state index is 12.7. The minimum absolute atomic E-state index is 0.152. The van der Waals surface area contributed by atoms with Crippen LogP contribution in [0.5, 0.6) is 0 Å². The van der Waals surface area contributed by atoms with Gasteiger partial charge in [0.05, 0.1) is 5.02 Å². The fourth-order valence-corrected chi connectivity index (χ4v) is 3.76. The third-order valence-electron chi connectivity index (χ3n) is 4.93. The summed E-state index contributed by atoms with van der Waals surface area (Å²) in [5.41, 5.74) is 4.56. The minimum atomic E-state index is -0.389. The van der Waals surface area contributed by atoms with E-state index in [-0.39, 0.29) is 11.7 Å². The molecule has 2 aromatic heterocycles. The Balaban J connectivity index is 1.38. The average molecular weight is 463 g/mol. The lowest BCUT2D eigenvalue weighted by Gasteiger charge is -2.05. The number of hydrogen-bond donors (Lipinski definition) is 1. The molecule has 1 amide bonds. The molecule has 1 N–H and O–H groups in total. The first-order valence-electron chi connectivity index (χ1n) is 9.80. The molecule has 158 valence electrons. The van der Waals surface area contributed by atoms with E-state index in [0.29, 0.717) is 38.5 Å². The van der Waals surface area contributed by atoms with E-state index >= 15 is 0 Å². The second kappa shape index (κ2) is 8.19. The maximum Gasteiger partial charge on any atom is 0.291 e. The molecule has 5 rings (SSSR count). The summed E-state index contributed by atoms with van der Waals surface area (Å²) in [6.45, 7) is 2.00. The van der Waals surface area contributed by atoms with Crippen molar-refractivity contribution in [2.75, 3.05) is 5.32 Å². The number of fused-ring (bicyclic) bond motifs is 1. The highest BCUT2D eigenvalue weighted by Crippen LogP contribution is 2.32. The predicted octanol–water partition coefficient (Wildman–Crippen LogP) is 7.62. The Hall–Kier alpha value is -3.54. The molecule has 2 heterocycles. The van der Waals surface area contributed by atoms with Crippen LogP contribution >= 0.6 is 23.2 Å². The number of oxazole rings is 1. The Morgan fingerprint density at radius 3 is 2.69 bits per heavy atom. The van der Waals surface area contributed by atoms with Crippen molar-refractivity contribution in [1.82, 2.24) is 4.98 Å². The van der Waals surface area contributed by atoms with E-state index in [2.05, 4.69) is 10.3 Å². The largest absolute Gasteiger partial charge is 0.451 e. The maximum atomic E-state index is 12.7. The number of aryl methyl sites for hydroxylation is 1. The van der Waals surface area contributed by atoms with Crippen molar-refractivity contribution in [2.45, 2.75) is 6.92 Å². The van der Waals surface area contributed by atoms with Gasteiger partial charge in [-0.3, -0.25) is 4.79 Å². The number of carbonyl (C=O) groups is 1. The van der Waals surface area contributed by atoms with Gasteiger partial charge < -0.3 is 14.2 Å². The van der Waals surface area contributed by atoms with Crippen molar-refractivity contribution < 1.29 is 13.6 Å². The Morgan fingerprint density at radius 1 is 0.938 bits per heavy atom. The highest BCUT2D eigenvalue weighted by Gasteiger charge is 2.16. The Morgan fingerprint density at radius 2 is 1.81 bits per heavy atom. The van der Waals surface area contributed by atoms with E-state index in [1.807, 2.05) is 37.3 Å². The number of anilines is 1. The molecule has 32 heavy (non-hydrogen) atoms. The smallest absolute Gasteiger partial charge is 0.291 e. The molecular weight excluding hydrogens is 447 g/mol. The lowest BCUT2D eigenvalue weighted by Crippen LogP contribution is -2.10. The minimum Gasteiger partial charge on any atom is -0.451 e. The molecule has 0 saturated heterocycles. The van der Waals surface area contributed by atoms with Crippen LogP contribution in [0.4, 0.5) is 5.69 Å². The van der Waals surface area contributed by atoms with Crippen LogP contribution in [0.3, 0.4) is 0 Å². The summed E-state index contributed by atoms with van der Waals surface area (Å²) >= 11 is 12.3. The number of halogens is 2. The van der Waals surface area contributed by atoms with Gasteiger partial charge >= 0.3 is 0 Å². The van der Waals surface area contributed by atoms with Gasteiger partial charge in [-0.05, 0) is 73.2 Å². The van der Waals surface area contributed by atoms with Crippen molar-refractivity contribution >= 4 is 45.9 Å². The zero-order valence-corrected chi connectivity index (χ0v) is 18.4. The normalized spacial score (nSPS) is 11.1. The van der Waals surface area contributed by atoms with E-state index in [4.69, 9.17) is 32.0 Å². The molecule has 0 atom stereocenters. The van der Waals surface area contributed by atoms with Crippen LogP contribution < -0.4 is 5.32 Å². The van der Waals surface area contributed by atoms with Gasteiger partial charge in [-0.25, -0.2) is 4.98 Å². The number of carbonyl (C=O) groups excluding carboxylic acids is 1. The van der Waals surface area contributed by atoms with Gasteiger partial charge in [-0.2, -0.15) is 0 Å². The van der Waals surface area contributed by atoms with Gasteiger partial charge in [-0.1, -0.05) is 35.3 Å². The van der Waals surface area contributed by atoms with Crippen LogP contribution in [-0.4, -0.2) is 10.9 Å². The van der Waals surface area contributed by atoms with Gasteiger partial charge in [0.15, 0.2) is 11.3 Å². The van der Waals surface area contributed by atoms with Gasteiger partial charge in [0.25, 0.3) is 5.91 Å². The molecular formula is C25H16Cl2N2O3. The van der Waals surface area contributed by atoms with Crippen LogP contribution in [0.15, 0.2) is 81.6 Å². The summed E-state index contributed by atoms with van der Waals surface area (Å²) in [6.07, 6.45) is 0. The number of amides is 1. The first-order valence-corrected chi connectivity index (χ1v) is 10.6. The van der Waals surface area contributed by atoms with E-state index in [9.17, 15) is 4.79 Å². The molecule has 0 bridgehead atoms. The lowest BCUT2D eigenvalue weighted by atomic mass is 10.2. The number of furan rings is 1. The van der Waals surface area contributed by atoms with Crippen LogP contribution in [-0.2, 0) is 0 Å². The van der Waals surface area contributed by atoms with Gasteiger partial charge in [-0.15, -0.1) is 0 Å². The lowest BCUT2D eigenvalue weighted by molar-refractivity contribution is 0.0997. The van der Waals surface area contributed by atoms with Crippen LogP contribution in [0, 0.1) is 6.92 Å². The molecule has 0 unspecified atom stereocenters. The first kappa shape index (κ1) is 20.4. The zero-order chi connectivity index (χ0) is 22.2. The van der Waals surface area contributed by atoms with Crippen molar-refractivity contribution in [1.29, 1.82) is 0 Å². The van der Waals surface area contributed by atoms with E-state index in [1.54, 1.807) is 42.5 Å². The van der Waals surface area contributed by atoms with Crippen LogP contribution in [0.25, 0.3) is 33.9 Å². The first-order chi connectivity index (χ1) is 15.5. The highest BCUT2D eigenvalue weighted by molar-refractivity contribution is 6.35. The van der Waals surface area contributed by atoms with Crippen molar-refractivity contribution in [2.24, 2.45) is 0 Å².